The number of benzene rings is 1. The third-order valence-electron chi connectivity index (χ3n) is 3.15. The van der Waals surface area contributed by atoms with Crippen LogP contribution in [0, 0.1) is 6.92 Å². The lowest BCUT2D eigenvalue weighted by atomic mass is 10.0. The molecule has 1 aromatic rings. The number of phenolic OH excluding ortho intramolecular Hbond substituents is 1. The average Bonchev–Trinajstić information content (AvgIpc) is 2.34. The molecule has 1 amide bonds. The van der Waals surface area contributed by atoms with Crippen molar-refractivity contribution in [3.05, 3.63) is 41.5 Å². The van der Waals surface area contributed by atoms with E-state index in [-0.39, 0.29) is 17.7 Å². The van der Waals surface area contributed by atoms with Crippen molar-refractivity contribution in [2.75, 3.05) is 0 Å². The number of hydrogen-bond donors (Lipinski definition) is 2. The van der Waals surface area contributed by atoms with Gasteiger partial charge in [-0.15, -0.1) is 0 Å². The monoisotopic (exact) mass is 231 g/mol. The Labute approximate surface area is 101 Å². The summed E-state index contributed by atoms with van der Waals surface area (Å²) in [6.07, 6.45) is 7.14. The molecule has 90 valence electrons. The van der Waals surface area contributed by atoms with Gasteiger partial charge in [0.15, 0.2) is 0 Å². The molecule has 17 heavy (non-hydrogen) atoms. The van der Waals surface area contributed by atoms with Gasteiger partial charge in [-0.3, -0.25) is 4.79 Å². The number of hydrogen-bond acceptors (Lipinski definition) is 2. The summed E-state index contributed by atoms with van der Waals surface area (Å²) in [5, 5.41) is 12.6. The van der Waals surface area contributed by atoms with Gasteiger partial charge in [0.1, 0.15) is 5.75 Å². The highest BCUT2D eigenvalue weighted by atomic mass is 16.3. The first-order valence-electron chi connectivity index (χ1n) is 5.93. The zero-order valence-corrected chi connectivity index (χ0v) is 9.94. The Morgan fingerprint density at radius 1 is 1.41 bits per heavy atom. The van der Waals surface area contributed by atoms with E-state index in [0.717, 1.165) is 19.3 Å². The van der Waals surface area contributed by atoms with Crippen LogP contribution in [-0.4, -0.2) is 17.1 Å². The minimum absolute atomic E-state index is 0.0984. The minimum atomic E-state index is -0.0984. The van der Waals surface area contributed by atoms with Crippen LogP contribution < -0.4 is 5.32 Å². The zero-order chi connectivity index (χ0) is 12.3. The Morgan fingerprint density at radius 2 is 2.24 bits per heavy atom. The first-order valence-corrected chi connectivity index (χ1v) is 5.93. The second kappa shape index (κ2) is 5.04. The highest BCUT2D eigenvalue weighted by Gasteiger charge is 2.16. The largest absolute Gasteiger partial charge is 0.508 e. The maximum atomic E-state index is 12.0. The van der Waals surface area contributed by atoms with E-state index < -0.39 is 0 Å². The Kier molecular flexibility index (Phi) is 3.47. The summed E-state index contributed by atoms with van der Waals surface area (Å²) >= 11 is 0. The second-order valence-corrected chi connectivity index (χ2v) is 4.40. The Hall–Kier alpha value is -1.77. The Morgan fingerprint density at radius 3 is 2.94 bits per heavy atom. The van der Waals surface area contributed by atoms with Crippen molar-refractivity contribution < 1.29 is 9.90 Å². The molecule has 0 spiro atoms. The van der Waals surface area contributed by atoms with Gasteiger partial charge in [0, 0.05) is 17.2 Å². The summed E-state index contributed by atoms with van der Waals surface area (Å²) in [5.74, 6) is 0.0693. The van der Waals surface area contributed by atoms with Crippen molar-refractivity contribution in [1.29, 1.82) is 0 Å². The fourth-order valence-electron chi connectivity index (χ4n) is 2.06. The van der Waals surface area contributed by atoms with Gasteiger partial charge in [0.25, 0.3) is 5.91 Å². The number of phenols is 1. The number of rotatable bonds is 2. The Balaban J connectivity index is 2.09. The molecule has 0 radical (unpaired) electrons. The maximum absolute atomic E-state index is 12.0. The number of carbonyl (C=O) groups excluding carboxylic acids is 1. The van der Waals surface area contributed by atoms with Gasteiger partial charge in [-0.2, -0.15) is 0 Å². The van der Waals surface area contributed by atoms with Gasteiger partial charge in [0.2, 0.25) is 0 Å². The molecule has 0 fully saturated rings. The van der Waals surface area contributed by atoms with E-state index in [1.54, 1.807) is 25.1 Å². The van der Waals surface area contributed by atoms with Crippen LogP contribution in [0.2, 0.25) is 0 Å². The number of nitrogens with one attached hydrogen (secondary N) is 1. The predicted octanol–water partition coefficient (Wildman–Crippen LogP) is 2.54. The molecule has 0 saturated heterocycles. The van der Waals surface area contributed by atoms with Gasteiger partial charge in [0.05, 0.1) is 0 Å². The molecule has 1 aromatic carbocycles. The van der Waals surface area contributed by atoms with E-state index in [1.165, 1.54) is 0 Å². The van der Waals surface area contributed by atoms with Crippen molar-refractivity contribution >= 4 is 5.91 Å². The molecular weight excluding hydrogens is 214 g/mol. The lowest BCUT2D eigenvalue weighted by Crippen LogP contribution is -2.35. The number of amides is 1. The first kappa shape index (κ1) is 11.7. The molecule has 2 N–H and O–H groups in total. The molecule has 2 rings (SSSR count). The van der Waals surface area contributed by atoms with E-state index in [1.807, 2.05) is 0 Å². The normalized spacial score (nSPS) is 19.0. The van der Waals surface area contributed by atoms with Crippen LogP contribution in [0.25, 0.3) is 0 Å². The quantitative estimate of drug-likeness (QED) is 0.768. The van der Waals surface area contributed by atoms with E-state index >= 15 is 0 Å². The smallest absolute Gasteiger partial charge is 0.251 e. The Bertz CT molecular complexity index is 452. The molecule has 0 aliphatic heterocycles. The molecule has 0 heterocycles. The third kappa shape index (κ3) is 2.67. The van der Waals surface area contributed by atoms with Crippen molar-refractivity contribution in [3.8, 4) is 5.75 Å². The van der Waals surface area contributed by atoms with Crippen LogP contribution in [0.5, 0.6) is 5.75 Å². The SMILES string of the molecule is Cc1c(O)cccc1C(=O)NC1CC=CCC1. The fourth-order valence-corrected chi connectivity index (χ4v) is 2.06. The molecule has 0 saturated carbocycles. The number of aromatic hydroxyl groups is 1. The standard InChI is InChI=1S/C14H17NO2/c1-10-12(8-5-9-13(10)16)14(17)15-11-6-3-2-4-7-11/h2-3,5,8-9,11,16H,4,6-7H2,1H3,(H,15,17). The molecule has 1 aliphatic carbocycles. The summed E-state index contributed by atoms with van der Waals surface area (Å²) in [7, 11) is 0. The molecule has 0 aromatic heterocycles. The molecular formula is C14H17NO2. The van der Waals surface area contributed by atoms with Crippen LogP contribution in [-0.2, 0) is 0 Å². The highest BCUT2D eigenvalue weighted by Crippen LogP contribution is 2.20. The van der Waals surface area contributed by atoms with Crippen LogP contribution in [0.3, 0.4) is 0 Å². The topological polar surface area (TPSA) is 49.3 Å². The molecule has 3 nitrogen and oxygen atoms in total. The lowest BCUT2D eigenvalue weighted by Gasteiger charge is -2.20. The fraction of sp³-hybridized carbons (Fsp3) is 0.357. The minimum Gasteiger partial charge on any atom is -0.508 e. The average molecular weight is 231 g/mol. The number of carbonyl (C=O) groups is 1. The molecule has 1 unspecified atom stereocenters. The first-order chi connectivity index (χ1) is 8.18. The zero-order valence-electron chi connectivity index (χ0n) is 9.94. The lowest BCUT2D eigenvalue weighted by molar-refractivity contribution is 0.0933. The van der Waals surface area contributed by atoms with Crippen molar-refractivity contribution in [1.82, 2.24) is 5.32 Å². The van der Waals surface area contributed by atoms with Crippen LogP contribution in [0.4, 0.5) is 0 Å². The van der Waals surface area contributed by atoms with E-state index in [2.05, 4.69) is 17.5 Å². The number of allylic oxidation sites excluding steroid dienone is 1. The molecule has 1 atom stereocenters. The summed E-state index contributed by atoms with van der Waals surface area (Å²) in [6.45, 7) is 1.75. The predicted molar refractivity (Wildman–Crippen MR) is 67.1 cm³/mol. The van der Waals surface area contributed by atoms with Crippen molar-refractivity contribution in [3.63, 3.8) is 0 Å². The van der Waals surface area contributed by atoms with Gasteiger partial charge in [-0.25, -0.2) is 0 Å². The second-order valence-electron chi connectivity index (χ2n) is 4.40. The van der Waals surface area contributed by atoms with E-state index in [9.17, 15) is 9.90 Å². The van der Waals surface area contributed by atoms with Crippen molar-refractivity contribution in [2.45, 2.75) is 32.2 Å². The molecule has 0 bridgehead atoms. The van der Waals surface area contributed by atoms with Crippen LogP contribution >= 0.6 is 0 Å². The molecule has 3 heteroatoms. The highest BCUT2D eigenvalue weighted by molar-refractivity contribution is 5.96. The summed E-state index contributed by atoms with van der Waals surface area (Å²) < 4.78 is 0. The van der Waals surface area contributed by atoms with Gasteiger partial charge in [-0.05, 0) is 38.3 Å². The van der Waals surface area contributed by atoms with Gasteiger partial charge < -0.3 is 10.4 Å². The van der Waals surface area contributed by atoms with Crippen molar-refractivity contribution in [2.24, 2.45) is 0 Å². The van der Waals surface area contributed by atoms with Crippen LogP contribution in [0.15, 0.2) is 30.4 Å². The van der Waals surface area contributed by atoms with Gasteiger partial charge >= 0.3 is 0 Å². The summed E-state index contributed by atoms with van der Waals surface area (Å²) in [6, 6.07) is 5.24. The van der Waals surface area contributed by atoms with Gasteiger partial charge in [-0.1, -0.05) is 18.2 Å². The molecule has 1 aliphatic rings. The third-order valence-corrected chi connectivity index (χ3v) is 3.15. The maximum Gasteiger partial charge on any atom is 0.251 e. The van der Waals surface area contributed by atoms with E-state index in [0.29, 0.717) is 11.1 Å². The van der Waals surface area contributed by atoms with E-state index in [4.69, 9.17) is 0 Å². The van der Waals surface area contributed by atoms with Crippen LogP contribution in [0.1, 0.15) is 35.2 Å². The summed E-state index contributed by atoms with van der Waals surface area (Å²) in [4.78, 5) is 12.0. The summed E-state index contributed by atoms with van der Waals surface area (Å²) in [5.41, 5.74) is 1.19.